The van der Waals surface area contributed by atoms with Crippen molar-refractivity contribution >= 4 is 17.0 Å². The molecule has 0 aromatic heterocycles. The third kappa shape index (κ3) is 3.91. The van der Waals surface area contributed by atoms with Crippen molar-refractivity contribution in [1.82, 2.24) is 0 Å². The SMILES string of the molecule is CCCCN=c1ccc2c3c4c(cccc4oc-2c1)C(CCCC)(CCCC)C(O)=C3. The van der Waals surface area contributed by atoms with E-state index in [9.17, 15) is 5.11 Å². The second-order valence-electron chi connectivity index (χ2n) is 8.93. The Morgan fingerprint density at radius 2 is 1.68 bits per heavy atom. The van der Waals surface area contributed by atoms with Crippen LogP contribution in [0, 0.1) is 0 Å². The Labute approximate surface area is 185 Å². The first-order valence-electron chi connectivity index (χ1n) is 12.1. The molecule has 1 aliphatic heterocycles. The molecule has 0 saturated heterocycles. The van der Waals surface area contributed by atoms with Gasteiger partial charge in [0.05, 0.1) is 10.8 Å². The van der Waals surface area contributed by atoms with Crippen LogP contribution in [0.3, 0.4) is 0 Å². The molecule has 1 aromatic rings. The van der Waals surface area contributed by atoms with Crippen molar-refractivity contribution in [2.24, 2.45) is 4.99 Å². The van der Waals surface area contributed by atoms with Crippen molar-refractivity contribution in [2.45, 2.75) is 77.6 Å². The fourth-order valence-corrected chi connectivity index (χ4v) is 5.00. The van der Waals surface area contributed by atoms with Gasteiger partial charge in [0.1, 0.15) is 17.1 Å². The molecular weight excluding hydrogens is 382 g/mol. The summed E-state index contributed by atoms with van der Waals surface area (Å²) in [7, 11) is 0. The zero-order chi connectivity index (χ0) is 21.8. The van der Waals surface area contributed by atoms with E-state index in [-0.39, 0.29) is 5.41 Å². The summed E-state index contributed by atoms with van der Waals surface area (Å²) < 4.78 is 6.42. The normalized spacial score (nSPS) is 15.6. The topological polar surface area (TPSA) is 45.7 Å². The molecule has 0 unspecified atom stereocenters. The van der Waals surface area contributed by atoms with Gasteiger partial charge < -0.3 is 9.52 Å². The maximum absolute atomic E-state index is 11.4. The number of unbranched alkanes of at least 4 members (excludes halogenated alkanes) is 3. The van der Waals surface area contributed by atoms with Crippen LogP contribution < -0.4 is 5.36 Å². The molecule has 0 saturated carbocycles. The summed E-state index contributed by atoms with van der Waals surface area (Å²) in [4.78, 5) is 4.69. The summed E-state index contributed by atoms with van der Waals surface area (Å²) >= 11 is 0. The summed E-state index contributed by atoms with van der Waals surface area (Å²) in [5, 5.41) is 13.6. The maximum atomic E-state index is 11.4. The quantitative estimate of drug-likeness (QED) is 0.285. The van der Waals surface area contributed by atoms with Gasteiger partial charge >= 0.3 is 0 Å². The molecule has 0 amide bonds. The highest BCUT2D eigenvalue weighted by Gasteiger charge is 2.40. The number of aliphatic hydroxyl groups is 1. The highest BCUT2D eigenvalue weighted by molar-refractivity contribution is 5.99. The average Bonchev–Trinajstić information content (AvgIpc) is 2.78. The van der Waals surface area contributed by atoms with Gasteiger partial charge in [0.15, 0.2) is 0 Å². The van der Waals surface area contributed by atoms with E-state index in [1.165, 1.54) is 5.56 Å². The van der Waals surface area contributed by atoms with Crippen LogP contribution in [0.4, 0.5) is 0 Å². The lowest BCUT2D eigenvalue weighted by Crippen LogP contribution is -2.31. The molecule has 0 atom stereocenters. The summed E-state index contributed by atoms with van der Waals surface area (Å²) in [6, 6.07) is 12.6. The van der Waals surface area contributed by atoms with Crippen LogP contribution in [0.5, 0.6) is 0 Å². The predicted molar refractivity (Wildman–Crippen MR) is 130 cm³/mol. The minimum Gasteiger partial charge on any atom is -0.511 e. The maximum Gasteiger partial charge on any atom is 0.137 e. The second-order valence-corrected chi connectivity index (χ2v) is 8.93. The average molecular weight is 418 g/mol. The van der Waals surface area contributed by atoms with Crippen LogP contribution >= 0.6 is 0 Å². The zero-order valence-corrected chi connectivity index (χ0v) is 19.2. The van der Waals surface area contributed by atoms with Crippen molar-refractivity contribution in [2.75, 3.05) is 6.54 Å². The lowest BCUT2D eigenvalue weighted by Gasteiger charge is -2.38. The third-order valence-corrected chi connectivity index (χ3v) is 6.78. The monoisotopic (exact) mass is 417 g/mol. The molecule has 0 bridgehead atoms. The van der Waals surface area contributed by atoms with E-state index in [1.807, 2.05) is 12.1 Å². The summed E-state index contributed by atoms with van der Waals surface area (Å²) in [6.45, 7) is 7.46. The number of hydrogen-bond acceptors (Lipinski definition) is 3. The molecular formula is C28H35NO2. The number of nitrogens with zero attached hydrogens (tertiary/aromatic N) is 1. The van der Waals surface area contributed by atoms with Crippen LogP contribution in [0.2, 0.25) is 0 Å². The van der Waals surface area contributed by atoms with E-state index < -0.39 is 0 Å². The zero-order valence-electron chi connectivity index (χ0n) is 19.2. The highest BCUT2D eigenvalue weighted by atomic mass is 16.3. The molecule has 0 spiro atoms. The van der Waals surface area contributed by atoms with Gasteiger partial charge in [-0.1, -0.05) is 65.0 Å². The lowest BCUT2D eigenvalue weighted by atomic mass is 9.67. The summed E-state index contributed by atoms with van der Waals surface area (Å²) in [5.41, 5.74) is 3.93. The molecule has 1 aromatic carbocycles. The predicted octanol–water partition coefficient (Wildman–Crippen LogP) is 7.77. The number of allylic oxidation sites excluding steroid dienone is 1. The van der Waals surface area contributed by atoms with Gasteiger partial charge in [-0.2, -0.15) is 0 Å². The molecule has 3 nitrogen and oxygen atoms in total. The Balaban J connectivity index is 1.93. The van der Waals surface area contributed by atoms with Gasteiger partial charge in [-0.25, -0.2) is 0 Å². The Bertz CT molecular complexity index is 1110. The van der Waals surface area contributed by atoms with Crippen molar-refractivity contribution in [3.63, 3.8) is 0 Å². The van der Waals surface area contributed by atoms with Crippen LogP contribution in [-0.4, -0.2) is 11.7 Å². The Morgan fingerprint density at radius 1 is 0.935 bits per heavy atom. The fourth-order valence-electron chi connectivity index (χ4n) is 5.00. The van der Waals surface area contributed by atoms with E-state index >= 15 is 0 Å². The van der Waals surface area contributed by atoms with E-state index in [0.29, 0.717) is 5.76 Å². The molecule has 1 N–H and O–H groups in total. The van der Waals surface area contributed by atoms with Crippen molar-refractivity contribution in [3.8, 4) is 11.3 Å². The second kappa shape index (κ2) is 9.30. The molecule has 4 rings (SSSR count). The molecule has 0 radical (unpaired) electrons. The molecule has 164 valence electrons. The number of benzene rings is 2. The van der Waals surface area contributed by atoms with Gasteiger partial charge in [0.2, 0.25) is 0 Å². The Kier molecular flexibility index (Phi) is 6.50. The largest absolute Gasteiger partial charge is 0.511 e. The van der Waals surface area contributed by atoms with Gasteiger partial charge in [-0.15, -0.1) is 0 Å². The summed E-state index contributed by atoms with van der Waals surface area (Å²) in [6.07, 6.45) is 10.6. The Hall–Kier alpha value is -2.55. The molecule has 3 heteroatoms. The number of rotatable bonds is 9. The highest BCUT2D eigenvalue weighted by Crippen LogP contribution is 2.50. The number of aliphatic hydroxyl groups excluding tert-OH is 1. The van der Waals surface area contributed by atoms with E-state index in [1.54, 1.807) is 0 Å². The van der Waals surface area contributed by atoms with Gasteiger partial charge in [-0.3, -0.25) is 4.99 Å². The van der Waals surface area contributed by atoms with Crippen LogP contribution in [0.1, 0.15) is 83.3 Å². The standard InChI is InChI=1S/C28H35NO2/c1-4-7-15-28(16-8-5-2)23-11-10-12-24-27(23)22(19-26(28)30)21-14-13-20(18-25(21)31-24)29-17-9-6-3/h10-14,18-19,30H,4-9,15-17H2,1-3H3. The first kappa shape index (κ1) is 21.7. The first-order valence-corrected chi connectivity index (χ1v) is 12.1. The molecule has 2 aliphatic carbocycles. The van der Waals surface area contributed by atoms with Gasteiger partial charge in [0.25, 0.3) is 0 Å². The van der Waals surface area contributed by atoms with Crippen molar-refractivity contribution in [3.05, 3.63) is 58.6 Å². The molecule has 0 fully saturated rings. The van der Waals surface area contributed by atoms with E-state index in [2.05, 4.69) is 51.1 Å². The first-order chi connectivity index (χ1) is 15.1. The van der Waals surface area contributed by atoms with Crippen molar-refractivity contribution < 1.29 is 9.52 Å². The number of fused-ring (bicyclic) bond motifs is 2. The van der Waals surface area contributed by atoms with E-state index in [4.69, 9.17) is 9.41 Å². The van der Waals surface area contributed by atoms with Crippen LogP contribution in [0.25, 0.3) is 28.4 Å². The smallest absolute Gasteiger partial charge is 0.137 e. The molecule has 3 aliphatic rings. The fraction of sp³-hybridized carbons (Fsp3) is 0.464. The van der Waals surface area contributed by atoms with Crippen LogP contribution in [-0.2, 0) is 5.41 Å². The van der Waals surface area contributed by atoms with Crippen LogP contribution in [0.15, 0.2) is 51.6 Å². The number of hydrogen-bond donors (Lipinski definition) is 1. The minimum absolute atomic E-state index is 0.308. The summed E-state index contributed by atoms with van der Waals surface area (Å²) in [5.74, 6) is 1.34. The van der Waals surface area contributed by atoms with Gasteiger partial charge in [-0.05, 0) is 49.1 Å². The third-order valence-electron chi connectivity index (χ3n) is 6.78. The lowest BCUT2D eigenvalue weighted by molar-refractivity contribution is 0.261. The minimum atomic E-state index is -0.308. The Morgan fingerprint density at radius 3 is 2.39 bits per heavy atom. The molecule has 1 heterocycles. The van der Waals surface area contributed by atoms with Gasteiger partial charge in [0, 0.05) is 29.1 Å². The molecule has 31 heavy (non-hydrogen) atoms. The van der Waals surface area contributed by atoms with E-state index in [0.717, 1.165) is 91.1 Å². The van der Waals surface area contributed by atoms with Crippen molar-refractivity contribution in [1.29, 1.82) is 0 Å².